The lowest BCUT2D eigenvalue weighted by atomic mass is 10.2. The summed E-state index contributed by atoms with van der Waals surface area (Å²) in [6, 6.07) is 13.3. The third-order valence-electron chi connectivity index (χ3n) is 3.02. The maximum Gasteiger partial charge on any atom is 0.234 e. The molecule has 0 spiro atoms. The summed E-state index contributed by atoms with van der Waals surface area (Å²) in [5.74, 6) is 0.0797. The average Bonchev–Trinajstić information content (AvgIpc) is 2.49. The molecule has 0 aliphatic rings. The van der Waals surface area contributed by atoms with E-state index in [2.05, 4.69) is 33.2 Å². The molecule has 0 aliphatic heterocycles. The lowest BCUT2D eigenvalue weighted by molar-refractivity contribution is -0.114. The molecule has 0 bridgehead atoms. The number of nitrogens with one attached hydrogen (secondary N) is 2. The fourth-order valence-corrected chi connectivity index (χ4v) is 3.44. The molecule has 2 rings (SSSR count). The van der Waals surface area contributed by atoms with Gasteiger partial charge in [0.25, 0.3) is 0 Å². The molecule has 2 aromatic carbocycles. The minimum Gasteiger partial charge on any atom is -0.325 e. The Hall–Kier alpha value is -1.54. The average molecular weight is 440 g/mol. The number of benzene rings is 2. The molecule has 4 nitrogen and oxygen atoms in total. The van der Waals surface area contributed by atoms with E-state index in [9.17, 15) is 9.59 Å². The van der Waals surface area contributed by atoms with Gasteiger partial charge in [-0.15, -0.1) is 11.8 Å². The van der Waals surface area contributed by atoms with E-state index in [1.807, 2.05) is 49.4 Å². The van der Waals surface area contributed by atoms with Crippen molar-refractivity contribution in [2.24, 2.45) is 0 Å². The predicted octanol–water partition coefficient (Wildman–Crippen LogP) is 4.29. The normalized spacial score (nSPS) is 10.2. The predicted molar refractivity (Wildman–Crippen MR) is 104 cm³/mol. The van der Waals surface area contributed by atoms with Crippen molar-refractivity contribution in [3.05, 3.63) is 51.6 Å². The van der Waals surface area contributed by atoms with Crippen molar-refractivity contribution in [3.8, 4) is 0 Å². The second kappa shape index (κ2) is 8.35. The first kappa shape index (κ1) is 17.8. The van der Waals surface area contributed by atoms with E-state index in [4.69, 9.17) is 0 Å². The van der Waals surface area contributed by atoms with Gasteiger partial charge in [0, 0.05) is 21.1 Å². The van der Waals surface area contributed by atoms with E-state index in [0.29, 0.717) is 0 Å². The highest BCUT2D eigenvalue weighted by molar-refractivity contribution is 14.1. The molecular weight excluding hydrogens is 423 g/mol. The fraction of sp³-hybridized carbons (Fsp3) is 0.176. The highest BCUT2D eigenvalue weighted by Crippen LogP contribution is 2.27. The topological polar surface area (TPSA) is 58.2 Å². The van der Waals surface area contributed by atoms with E-state index in [0.717, 1.165) is 25.4 Å². The number of aryl methyl sites for hydroxylation is 1. The van der Waals surface area contributed by atoms with Crippen molar-refractivity contribution in [1.82, 2.24) is 0 Å². The van der Waals surface area contributed by atoms with Crippen LogP contribution in [0.25, 0.3) is 0 Å². The number of amides is 2. The molecule has 6 heteroatoms. The van der Waals surface area contributed by atoms with Crippen LogP contribution in [-0.4, -0.2) is 17.6 Å². The molecule has 0 atom stereocenters. The molecule has 2 amide bonds. The number of anilines is 2. The fourth-order valence-electron chi connectivity index (χ4n) is 1.98. The van der Waals surface area contributed by atoms with Gasteiger partial charge in [-0.3, -0.25) is 9.59 Å². The zero-order chi connectivity index (χ0) is 16.8. The first-order valence-electron chi connectivity index (χ1n) is 7.01. The second-order valence-electron chi connectivity index (χ2n) is 4.97. The molecule has 0 aromatic heterocycles. The van der Waals surface area contributed by atoms with Crippen molar-refractivity contribution in [3.63, 3.8) is 0 Å². The molecule has 0 aliphatic carbocycles. The lowest BCUT2D eigenvalue weighted by Gasteiger charge is -2.11. The molecule has 0 heterocycles. The smallest absolute Gasteiger partial charge is 0.234 e. The molecule has 0 saturated heterocycles. The van der Waals surface area contributed by atoms with Crippen LogP contribution in [0.5, 0.6) is 0 Å². The summed E-state index contributed by atoms with van der Waals surface area (Å²) in [7, 11) is 0. The summed E-state index contributed by atoms with van der Waals surface area (Å²) in [6.45, 7) is 3.44. The number of carbonyl (C=O) groups is 2. The number of para-hydroxylation sites is 1. The molecule has 2 aromatic rings. The first-order valence-corrected chi connectivity index (χ1v) is 9.07. The summed E-state index contributed by atoms with van der Waals surface area (Å²) in [5, 5.41) is 5.69. The molecule has 2 N–H and O–H groups in total. The zero-order valence-electron chi connectivity index (χ0n) is 12.9. The lowest BCUT2D eigenvalue weighted by Crippen LogP contribution is -2.15. The van der Waals surface area contributed by atoms with Crippen molar-refractivity contribution in [1.29, 1.82) is 0 Å². The summed E-state index contributed by atoms with van der Waals surface area (Å²) in [5.41, 5.74) is 2.59. The van der Waals surface area contributed by atoms with Crippen LogP contribution >= 0.6 is 34.4 Å². The number of halogens is 1. The summed E-state index contributed by atoms with van der Waals surface area (Å²) < 4.78 is 1.14. The van der Waals surface area contributed by atoms with Gasteiger partial charge in [-0.2, -0.15) is 0 Å². The maximum atomic E-state index is 12.1. The maximum absolute atomic E-state index is 12.1. The SMILES string of the molecule is CC(=O)Nc1ccccc1SCC(=O)Nc1ccc(I)cc1C. The minimum atomic E-state index is -0.128. The van der Waals surface area contributed by atoms with Gasteiger partial charge >= 0.3 is 0 Å². The molecule has 0 saturated carbocycles. The van der Waals surface area contributed by atoms with Gasteiger partial charge in [0.15, 0.2) is 0 Å². The molecule has 0 fully saturated rings. The van der Waals surface area contributed by atoms with Crippen molar-refractivity contribution < 1.29 is 9.59 Å². The van der Waals surface area contributed by atoms with Crippen LogP contribution in [-0.2, 0) is 9.59 Å². The van der Waals surface area contributed by atoms with E-state index in [1.54, 1.807) is 0 Å². The van der Waals surface area contributed by atoms with Crippen molar-refractivity contribution in [2.75, 3.05) is 16.4 Å². The molecular formula is C17H17IN2O2S. The first-order chi connectivity index (χ1) is 11.0. The second-order valence-corrected chi connectivity index (χ2v) is 7.24. The van der Waals surface area contributed by atoms with Crippen LogP contribution in [0, 0.1) is 10.5 Å². The highest BCUT2D eigenvalue weighted by Gasteiger charge is 2.09. The Morgan fingerprint density at radius 2 is 1.83 bits per heavy atom. The number of rotatable bonds is 5. The highest BCUT2D eigenvalue weighted by atomic mass is 127. The quantitative estimate of drug-likeness (QED) is 0.539. The van der Waals surface area contributed by atoms with Crippen LogP contribution in [0.1, 0.15) is 12.5 Å². The van der Waals surface area contributed by atoms with Gasteiger partial charge in [0.2, 0.25) is 11.8 Å². The Labute approximate surface area is 153 Å². The Morgan fingerprint density at radius 3 is 2.52 bits per heavy atom. The van der Waals surface area contributed by atoms with E-state index in [-0.39, 0.29) is 17.6 Å². The standard InChI is InChI=1S/C17H17IN2O2S/c1-11-9-13(18)7-8-14(11)20-17(22)10-23-16-6-4-3-5-15(16)19-12(2)21/h3-9H,10H2,1-2H3,(H,19,21)(H,20,22). The Kier molecular flexibility index (Phi) is 6.47. The summed E-state index contributed by atoms with van der Waals surface area (Å²) >= 11 is 3.64. The Balaban J connectivity index is 1.98. The van der Waals surface area contributed by atoms with Crippen LogP contribution in [0.2, 0.25) is 0 Å². The molecule has 0 radical (unpaired) electrons. The van der Waals surface area contributed by atoms with E-state index < -0.39 is 0 Å². The van der Waals surface area contributed by atoms with Crippen LogP contribution in [0.3, 0.4) is 0 Å². The van der Waals surface area contributed by atoms with Crippen molar-refractivity contribution in [2.45, 2.75) is 18.7 Å². The van der Waals surface area contributed by atoms with Crippen LogP contribution in [0.15, 0.2) is 47.4 Å². The van der Waals surface area contributed by atoms with Gasteiger partial charge in [-0.1, -0.05) is 12.1 Å². The Bertz CT molecular complexity index is 734. The molecule has 23 heavy (non-hydrogen) atoms. The molecule has 120 valence electrons. The van der Waals surface area contributed by atoms with Gasteiger partial charge in [-0.05, 0) is 65.4 Å². The van der Waals surface area contributed by atoms with Gasteiger partial charge in [0.1, 0.15) is 0 Å². The van der Waals surface area contributed by atoms with Crippen LogP contribution < -0.4 is 10.6 Å². The van der Waals surface area contributed by atoms with Gasteiger partial charge in [-0.25, -0.2) is 0 Å². The zero-order valence-corrected chi connectivity index (χ0v) is 15.8. The number of hydrogen-bond donors (Lipinski definition) is 2. The third-order valence-corrected chi connectivity index (χ3v) is 4.76. The monoisotopic (exact) mass is 440 g/mol. The number of hydrogen-bond acceptors (Lipinski definition) is 3. The summed E-state index contributed by atoms with van der Waals surface area (Å²) in [6.07, 6.45) is 0. The minimum absolute atomic E-state index is 0.0723. The van der Waals surface area contributed by atoms with Gasteiger partial charge in [0.05, 0.1) is 11.4 Å². The Morgan fingerprint density at radius 1 is 1.09 bits per heavy atom. The van der Waals surface area contributed by atoms with Crippen LogP contribution in [0.4, 0.5) is 11.4 Å². The summed E-state index contributed by atoms with van der Waals surface area (Å²) in [4.78, 5) is 24.2. The largest absolute Gasteiger partial charge is 0.325 e. The van der Waals surface area contributed by atoms with E-state index >= 15 is 0 Å². The third kappa shape index (κ3) is 5.54. The van der Waals surface area contributed by atoms with Gasteiger partial charge < -0.3 is 10.6 Å². The number of thioether (sulfide) groups is 1. The number of carbonyl (C=O) groups excluding carboxylic acids is 2. The van der Waals surface area contributed by atoms with E-state index in [1.165, 1.54) is 18.7 Å². The van der Waals surface area contributed by atoms with Crippen molar-refractivity contribution >= 4 is 57.5 Å². The molecule has 0 unspecified atom stereocenters.